The Hall–Kier alpha value is -0.0800. The highest BCUT2D eigenvalue weighted by Crippen LogP contribution is 2.40. The summed E-state index contributed by atoms with van der Waals surface area (Å²) in [5.74, 6) is 5.56. The molecule has 0 heterocycles. The van der Waals surface area contributed by atoms with Crippen LogP contribution in [-0.4, -0.2) is 12.1 Å². The lowest BCUT2D eigenvalue weighted by molar-refractivity contribution is 0.157. The molecule has 0 aromatic rings. The first kappa shape index (κ1) is 26.0. The van der Waals surface area contributed by atoms with Crippen LogP contribution in [0.25, 0.3) is 0 Å². The van der Waals surface area contributed by atoms with Crippen molar-refractivity contribution < 1.29 is 0 Å². The van der Waals surface area contributed by atoms with E-state index in [0.717, 1.165) is 54.3 Å². The topological polar surface area (TPSA) is 52.0 Å². The van der Waals surface area contributed by atoms with Crippen LogP contribution >= 0.6 is 0 Å². The fourth-order valence-electron chi connectivity index (χ4n) is 6.09. The quantitative estimate of drug-likeness (QED) is 0.333. The van der Waals surface area contributed by atoms with Gasteiger partial charge in [0.15, 0.2) is 0 Å². The van der Waals surface area contributed by atoms with Crippen LogP contribution < -0.4 is 11.5 Å². The van der Waals surface area contributed by atoms with Gasteiger partial charge >= 0.3 is 0 Å². The molecule has 0 aliphatic heterocycles. The predicted octanol–water partition coefficient (Wildman–Crippen LogP) is 7.01. The van der Waals surface area contributed by atoms with Gasteiger partial charge in [0.25, 0.3) is 0 Å². The molecule has 4 N–H and O–H groups in total. The van der Waals surface area contributed by atoms with Crippen LogP contribution in [-0.2, 0) is 0 Å². The molecule has 1 aliphatic rings. The Morgan fingerprint density at radius 1 is 0.750 bits per heavy atom. The van der Waals surface area contributed by atoms with Crippen molar-refractivity contribution in [2.75, 3.05) is 0 Å². The largest absolute Gasteiger partial charge is 0.328 e. The average Bonchev–Trinajstić information content (AvgIpc) is 3.17. The normalized spacial score (nSPS) is 24.3. The minimum Gasteiger partial charge on any atom is -0.328 e. The maximum absolute atomic E-state index is 6.63. The van der Waals surface area contributed by atoms with Gasteiger partial charge in [-0.2, -0.15) is 0 Å². The van der Waals surface area contributed by atoms with E-state index >= 15 is 0 Å². The smallest absolute Gasteiger partial charge is 0.00672 e. The maximum atomic E-state index is 6.63. The van der Waals surface area contributed by atoms with E-state index in [2.05, 4.69) is 48.5 Å². The molecule has 168 valence electrons. The molecule has 0 radical (unpaired) electrons. The molecule has 2 heteroatoms. The molecule has 1 rings (SSSR count). The van der Waals surface area contributed by atoms with Crippen LogP contribution in [0.4, 0.5) is 0 Å². The molecule has 1 aliphatic carbocycles. The third-order valence-electron chi connectivity index (χ3n) is 8.17. The van der Waals surface area contributed by atoms with Crippen LogP contribution in [0.3, 0.4) is 0 Å². The second-order valence-electron chi connectivity index (χ2n) is 10.9. The van der Waals surface area contributed by atoms with Gasteiger partial charge in [-0.05, 0) is 80.5 Å². The summed E-state index contributed by atoms with van der Waals surface area (Å²) in [4.78, 5) is 0. The molecule has 1 saturated carbocycles. The Morgan fingerprint density at radius 3 is 1.75 bits per heavy atom. The number of nitrogens with two attached hydrogens (primary N) is 2. The first-order valence-corrected chi connectivity index (χ1v) is 12.7. The van der Waals surface area contributed by atoms with Gasteiger partial charge in [-0.3, -0.25) is 0 Å². The lowest BCUT2D eigenvalue weighted by Crippen LogP contribution is -2.35. The summed E-state index contributed by atoms with van der Waals surface area (Å²) in [5, 5.41) is 0. The second-order valence-corrected chi connectivity index (χ2v) is 10.9. The van der Waals surface area contributed by atoms with Crippen molar-refractivity contribution in [1.29, 1.82) is 0 Å². The van der Waals surface area contributed by atoms with E-state index in [9.17, 15) is 0 Å². The maximum Gasteiger partial charge on any atom is 0.00672 e. The molecule has 28 heavy (non-hydrogen) atoms. The third-order valence-corrected chi connectivity index (χ3v) is 8.17. The van der Waals surface area contributed by atoms with Crippen LogP contribution in [0.5, 0.6) is 0 Å². The molecular formula is C26H54N2. The minimum absolute atomic E-state index is 0.321. The molecular weight excluding hydrogens is 340 g/mol. The van der Waals surface area contributed by atoms with Crippen LogP contribution in [0.2, 0.25) is 0 Å². The summed E-state index contributed by atoms with van der Waals surface area (Å²) in [6.45, 7) is 16.7. The monoisotopic (exact) mass is 394 g/mol. The molecule has 0 saturated heterocycles. The zero-order chi connectivity index (χ0) is 21.3. The van der Waals surface area contributed by atoms with Gasteiger partial charge in [0.1, 0.15) is 0 Å². The molecule has 0 bridgehead atoms. The van der Waals surface area contributed by atoms with Crippen LogP contribution in [0.1, 0.15) is 113 Å². The van der Waals surface area contributed by atoms with Gasteiger partial charge in [0.2, 0.25) is 0 Å². The van der Waals surface area contributed by atoms with Gasteiger partial charge in [0.05, 0.1) is 0 Å². The summed E-state index contributed by atoms with van der Waals surface area (Å²) >= 11 is 0. The van der Waals surface area contributed by atoms with Crippen molar-refractivity contribution in [1.82, 2.24) is 0 Å². The standard InChI is InChI=1S/C26H54N2/c1-8-20(5)22(7)24(15-18(3)14-21(6)27)16-19(4)17-25(26(28)9-2)23-12-10-11-13-23/h18-26H,8-17,27-28H2,1-7H3. The first-order valence-electron chi connectivity index (χ1n) is 12.7. The van der Waals surface area contributed by atoms with Crippen molar-refractivity contribution >= 4 is 0 Å². The summed E-state index contributed by atoms with van der Waals surface area (Å²) < 4.78 is 0. The number of hydrogen-bond acceptors (Lipinski definition) is 2. The van der Waals surface area contributed by atoms with E-state index in [0.29, 0.717) is 12.1 Å². The predicted molar refractivity (Wildman–Crippen MR) is 126 cm³/mol. The zero-order valence-electron chi connectivity index (χ0n) is 20.4. The summed E-state index contributed by atoms with van der Waals surface area (Å²) in [6.07, 6.45) is 13.3. The highest BCUT2D eigenvalue weighted by Gasteiger charge is 2.32. The van der Waals surface area contributed by atoms with E-state index in [1.807, 2.05) is 0 Å². The Kier molecular flexibility index (Phi) is 12.3. The molecule has 0 aromatic heterocycles. The fraction of sp³-hybridized carbons (Fsp3) is 1.00. The van der Waals surface area contributed by atoms with Crippen molar-refractivity contribution in [3.63, 3.8) is 0 Å². The molecule has 2 nitrogen and oxygen atoms in total. The van der Waals surface area contributed by atoms with Crippen molar-refractivity contribution in [2.45, 2.75) is 125 Å². The Labute approximate surface area is 178 Å². The highest BCUT2D eigenvalue weighted by molar-refractivity contribution is 4.85. The van der Waals surface area contributed by atoms with Gasteiger partial charge in [-0.1, -0.05) is 73.6 Å². The fourth-order valence-corrected chi connectivity index (χ4v) is 6.09. The van der Waals surface area contributed by atoms with Crippen molar-refractivity contribution in [3.8, 4) is 0 Å². The Morgan fingerprint density at radius 2 is 1.29 bits per heavy atom. The van der Waals surface area contributed by atoms with Gasteiger partial charge in [-0.15, -0.1) is 0 Å². The number of rotatable bonds is 14. The molecule has 0 spiro atoms. The van der Waals surface area contributed by atoms with Gasteiger partial charge in [-0.25, -0.2) is 0 Å². The number of hydrogen-bond donors (Lipinski definition) is 2. The molecule has 8 unspecified atom stereocenters. The second kappa shape index (κ2) is 13.3. The summed E-state index contributed by atoms with van der Waals surface area (Å²) in [6, 6.07) is 0.717. The molecule has 0 amide bonds. The van der Waals surface area contributed by atoms with Gasteiger partial charge in [0, 0.05) is 12.1 Å². The van der Waals surface area contributed by atoms with E-state index in [-0.39, 0.29) is 0 Å². The summed E-state index contributed by atoms with van der Waals surface area (Å²) in [5.41, 5.74) is 12.7. The van der Waals surface area contributed by atoms with Crippen molar-refractivity contribution in [3.05, 3.63) is 0 Å². The lowest BCUT2D eigenvalue weighted by atomic mass is 9.71. The van der Waals surface area contributed by atoms with E-state index < -0.39 is 0 Å². The highest BCUT2D eigenvalue weighted by atomic mass is 14.7. The van der Waals surface area contributed by atoms with E-state index in [1.165, 1.54) is 51.4 Å². The summed E-state index contributed by atoms with van der Waals surface area (Å²) in [7, 11) is 0. The third kappa shape index (κ3) is 8.74. The van der Waals surface area contributed by atoms with Gasteiger partial charge < -0.3 is 11.5 Å². The van der Waals surface area contributed by atoms with E-state index in [1.54, 1.807) is 0 Å². The van der Waals surface area contributed by atoms with E-state index in [4.69, 9.17) is 11.5 Å². The van der Waals surface area contributed by atoms with Crippen LogP contribution in [0.15, 0.2) is 0 Å². The molecule has 8 atom stereocenters. The lowest BCUT2D eigenvalue weighted by Gasteiger charge is -2.36. The minimum atomic E-state index is 0.321. The van der Waals surface area contributed by atoms with Crippen molar-refractivity contribution in [2.24, 2.45) is 52.9 Å². The molecule has 1 fully saturated rings. The average molecular weight is 395 g/mol. The Balaban J connectivity index is 2.77. The zero-order valence-corrected chi connectivity index (χ0v) is 20.4. The van der Waals surface area contributed by atoms with Crippen LogP contribution in [0, 0.1) is 41.4 Å². The SMILES string of the molecule is CCC(C)C(C)C(CC(C)CC(C)N)CC(C)CC(C(N)CC)C1CCCC1. The first-order chi connectivity index (χ1) is 13.2. The molecule has 0 aromatic carbocycles. The Bertz CT molecular complexity index is 388.